The quantitative estimate of drug-likeness (QED) is 0.893. The lowest BCUT2D eigenvalue weighted by molar-refractivity contribution is 0.220. The predicted octanol–water partition coefficient (Wildman–Crippen LogP) is 3.75. The third-order valence-corrected chi connectivity index (χ3v) is 4.57. The zero-order valence-corrected chi connectivity index (χ0v) is 13.4. The Kier molecular flexibility index (Phi) is 4.69. The van der Waals surface area contributed by atoms with Crippen LogP contribution in [0.1, 0.15) is 58.6 Å². The molecule has 20 heavy (non-hydrogen) atoms. The van der Waals surface area contributed by atoms with Gasteiger partial charge in [0.25, 0.3) is 0 Å². The zero-order chi connectivity index (χ0) is 14.8. The molecule has 112 valence electrons. The molecule has 1 saturated heterocycles. The Morgan fingerprint density at radius 1 is 1.30 bits per heavy atom. The van der Waals surface area contributed by atoms with Crippen LogP contribution in [-0.2, 0) is 0 Å². The minimum atomic E-state index is 0.0750. The average Bonchev–Trinajstić information content (AvgIpc) is 2.64. The van der Waals surface area contributed by atoms with E-state index in [1.54, 1.807) is 0 Å². The number of nitrogens with zero attached hydrogens (tertiary/aromatic N) is 2. The van der Waals surface area contributed by atoms with Crippen LogP contribution in [0.15, 0.2) is 18.3 Å². The minimum Gasteiger partial charge on any atom is -0.357 e. The van der Waals surface area contributed by atoms with Crippen LogP contribution in [0.4, 0.5) is 5.82 Å². The van der Waals surface area contributed by atoms with E-state index in [1.165, 1.54) is 24.8 Å². The van der Waals surface area contributed by atoms with Crippen LogP contribution < -0.4 is 10.6 Å². The normalized spacial score (nSPS) is 22.4. The van der Waals surface area contributed by atoms with Crippen molar-refractivity contribution in [3.8, 4) is 0 Å². The summed E-state index contributed by atoms with van der Waals surface area (Å²) in [6, 6.07) is 4.25. The van der Waals surface area contributed by atoms with Gasteiger partial charge in [0.15, 0.2) is 0 Å². The zero-order valence-electron chi connectivity index (χ0n) is 13.4. The Morgan fingerprint density at radius 2 is 2.05 bits per heavy atom. The molecule has 3 nitrogen and oxygen atoms in total. The summed E-state index contributed by atoms with van der Waals surface area (Å²) in [7, 11) is 0. The molecule has 1 aliphatic heterocycles. The second-order valence-corrected chi connectivity index (χ2v) is 7.22. The molecule has 0 amide bonds. The summed E-state index contributed by atoms with van der Waals surface area (Å²) in [4.78, 5) is 6.97. The largest absolute Gasteiger partial charge is 0.357 e. The molecule has 1 aromatic rings. The molecule has 0 aliphatic carbocycles. The molecule has 2 unspecified atom stereocenters. The second kappa shape index (κ2) is 6.13. The molecular weight excluding hydrogens is 246 g/mol. The molecule has 2 N–H and O–H groups in total. The van der Waals surface area contributed by atoms with Crippen molar-refractivity contribution in [3.05, 3.63) is 23.9 Å². The van der Waals surface area contributed by atoms with E-state index < -0.39 is 0 Å². The fraction of sp³-hybridized carbons (Fsp3) is 0.706. The third-order valence-electron chi connectivity index (χ3n) is 4.57. The fourth-order valence-corrected chi connectivity index (χ4v) is 3.08. The second-order valence-electron chi connectivity index (χ2n) is 7.22. The van der Waals surface area contributed by atoms with Gasteiger partial charge in [-0.15, -0.1) is 0 Å². The Morgan fingerprint density at radius 3 is 2.70 bits per heavy atom. The van der Waals surface area contributed by atoms with Crippen LogP contribution in [0.5, 0.6) is 0 Å². The van der Waals surface area contributed by atoms with E-state index in [-0.39, 0.29) is 6.04 Å². The number of nitrogens with two attached hydrogens (primary N) is 1. The van der Waals surface area contributed by atoms with Gasteiger partial charge in [-0.1, -0.05) is 20.8 Å². The molecule has 0 saturated carbocycles. The van der Waals surface area contributed by atoms with Crippen molar-refractivity contribution in [1.82, 2.24) is 4.98 Å². The van der Waals surface area contributed by atoms with E-state index in [0.717, 1.165) is 24.8 Å². The molecular formula is C17H29N3. The smallest absolute Gasteiger partial charge is 0.128 e. The van der Waals surface area contributed by atoms with Crippen LogP contribution in [0.25, 0.3) is 0 Å². The number of rotatable bonds is 2. The molecule has 2 atom stereocenters. The summed E-state index contributed by atoms with van der Waals surface area (Å²) >= 11 is 0. The SMILES string of the molecule is CC(N)c1ccnc(N2CCCC(C(C)(C)C)CC2)c1. The van der Waals surface area contributed by atoms with E-state index in [2.05, 4.69) is 36.7 Å². The maximum atomic E-state index is 5.98. The summed E-state index contributed by atoms with van der Waals surface area (Å²) in [6.07, 6.45) is 5.73. The maximum absolute atomic E-state index is 5.98. The lowest BCUT2D eigenvalue weighted by atomic mass is 9.77. The van der Waals surface area contributed by atoms with Gasteiger partial charge in [-0.25, -0.2) is 4.98 Å². The van der Waals surface area contributed by atoms with Crippen molar-refractivity contribution >= 4 is 5.82 Å². The fourth-order valence-electron chi connectivity index (χ4n) is 3.08. The van der Waals surface area contributed by atoms with E-state index in [4.69, 9.17) is 5.73 Å². The summed E-state index contributed by atoms with van der Waals surface area (Å²) in [5.74, 6) is 1.90. The monoisotopic (exact) mass is 275 g/mol. The van der Waals surface area contributed by atoms with Crippen molar-refractivity contribution in [2.24, 2.45) is 17.1 Å². The van der Waals surface area contributed by atoms with E-state index in [9.17, 15) is 0 Å². The van der Waals surface area contributed by atoms with Crippen LogP contribution in [0, 0.1) is 11.3 Å². The molecule has 3 heteroatoms. The highest BCUT2D eigenvalue weighted by Crippen LogP contribution is 2.35. The van der Waals surface area contributed by atoms with Gasteiger partial charge in [0.2, 0.25) is 0 Å². The third kappa shape index (κ3) is 3.72. The molecule has 1 aliphatic rings. The molecule has 2 heterocycles. The number of pyridine rings is 1. The Balaban J connectivity index is 2.09. The number of aromatic nitrogens is 1. The first kappa shape index (κ1) is 15.3. The summed E-state index contributed by atoms with van der Waals surface area (Å²) in [6.45, 7) is 11.3. The Bertz CT molecular complexity index is 434. The van der Waals surface area contributed by atoms with Gasteiger partial charge in [0.1, 0.15) is 5.82 Å². The molecule has 0 radical (unpaired) electrons. The predicted molar refractivity (Wildman–Crippen MR) is 85.8 cm³/mol. The first-order valence-electron chi connectivity index (χ1n) is 7.84. The number of anilines is 1. The summed E-state index contributed by atoms with van der Waals surface area (Å²) < 4.78 is 0. The lowest BCUT2D eigenvalue weighted by Gasteiger charge is -2.30. The lowest BCUT2D eigenvalue weighted by Crippen LogP contribution is -2.27. The van der Waals surface area contributed by atoms with E-state index in [0.29, 0.717) is 5.41 Å². The van der Waals surface area contributed by atoms with Gasteiger partial charge in [-0.05, 0) is 55.2 Å². The molecule has 2 rings (SSSR count). The summed E-state index contributed by atoms with van der Waals surface area (Å²) in [5, 5.41) is 0. The molecule has 0 spiro atoms. The number of hydrogen-bond donors (Lipinski definition) is 1. The van der Waals surface area contributed by atoms with Crippen molar-refractivity contribution in [2.45, 2.75) is 53.0 Å². The highest BCUT2D eigenvalue weighted by Gasteiger charge is 2.27. The first-order chi connectivity index (χ1) is 9.38. The van der Waals surface area contributed by atoms with E-state index >= 15 is 0 Å². The first-order valence-corrected chi connectivity index (χ1v) is 7.84. The van der Waals surface area contributed by atoms with Crippen LogP contribution >= 0.6 is 0 Å². The summed E-state index contributed by atoms with van der Waals surface area (Å²) in [5.41, 5.74) is 7.56. The average molecular weight is 275 g/mol. The highest BCUT2D eigenvalue weighted by molar-refractivity contribution is 5.41. The minimum absolute atomic E-state index is 0.0750. The molecule has 1 fully saturated rings. The molecule has 0 aromatic carbocycles. The van der Waals surface area contributed by atoms with E-state index in [1.807, 2.05) is 19.2 Å². The van der Waals surface area contributed by atoms with Crippen molar-refractivity contribution in [2.75, 3.05) is 18.0 Å². The van der Waals surface area contributed by atoms with Gasteiger partial charge < -0.3 is 10.6 Å². The van der Waals surface area contributed by atoms with Gasteiger partial charge in [-0.3, -0.25) is 0 Å². The van der Waals surface area contributed by atoms with Gasteiger partial charge in [0.05, 0.1) is 0 Å². The van der Waals surface area contributed by atoms with Gasteiger partial charge >= 0.3 is 0 Å². The van der Waals surface area contributed by atoms with Gasteiger partial charge in [-0.2, -0.15) is 0 Å². The Labute approximate surface area is 123 Å². The van der Waals surface area contributed by atoms with Crippen LogP contribution in [0.2, 0.25) is 0 Å². The Hall–Kier alpha value is -1.09. The maximum Gasteiger partial charge on any atom is 0.128 e. The highest BCUT2D eigenvalue weighted by atomic mass is 15.2. The van der Waals surface area contributed by atoms with Crippen LogP contribution in [0.3, 0.4) is 0 Å². The van der Waals surface area contributed by atoms with Crippen molar-refractivity contribution in [3.63, 3.8) is 0 Å². The van der Waals surface area contributed by atoms with Crippen molar-refractivity contribution in [1.29, 1.82) is 0 Å². The van der Waals surface area contributed by atoms with Crippen molar-refractivity contribution < 1.29 is 0 Å². The van der Waals surface area contributed by atoms with Gasteiger partial charge in [0, 0.05) is 25.3 Å². The topological polar surface area (TPSA) is 42.1 Å². The van der Waals surface area contributed by atoms with Crippen LogP contribution in [-0.4, -0.2) is 18.1 Å². The molecule has 1 aromatic heterocycles. The standard InChI is InChI=1S/C17H29N3/c1-13(18)14-7-9-19-16(12-14)20-10-5-6-15(8-11-20)17(2,3)4/h7,9,12-13,15H,5-6,8,10-11,18H2,1-4H3. The molecule has 0 bridgehead atoms. The number of hydrogen-bond acceptors (Lipinski definition) is 3.